The summed E-state index contributed by atoms with van der Waals surface area (Å²) in [7, 11) is -3.76. The van der Waals surface area contributed by atoms with E-state index in [2.05, 4.69) is 19.6 Å². The fourth-order valence-corrected chi connectivity index (χ4v) is 6.53. The van der Waals surface area contributed by atoms with E-state index in [0.29, 0.717) is 58.8 Å². The van der Waals surface area contributed by atoms with E-state index in [0.717, 1.165) is 23.4 Å². The maximum atomic E-state index is 13.3. The van der Waals surface area contributed by atoms with Crippen molar-refractivity contribution < 1.29 is 12.8 Å². The Bertz CT molecular complexity index is 1790. The van der Waals surface area contributed by atoms with Gasteiger partial charge in [-0.3, -0.25) is 4.57 Å². The Morgan fingerprint density at radius 2 is 1.60 bits per heavy atom. The maximum Gasteiger partial charge on any atom is 0.240 e. The molecule has 204 valence electrons. The van der Waals surface area contributed by atoms with Crippen LogP contribution < -0.4 is 9.62 Å². The van der Waals surface area contributed by atoms with Crippen molar-refractivity contribution in [2.24, 2.45) is 0 Å². The van der Waals surface area contributed by atoms with Gasteiger partial charge < -0.3 is 4.90 Å². The first-order valence-corrected chi connectivity index (χ1v) is 14.8. The lowest BCUT2D eigenvalue weighted by molar-refractivity contribution is 0.458. The van der Waals surface area contributed by atoms with E-state index < -0.39 is 15.8 Å². The largest absolute Gasteiger partial charge is 0.355 e. The number of halogens is 3. The summed E-state index contributed by atoms with van der Waals surface area (Å²) in [6.45, 7) is 1.11. The maximum absolute atomic E-state index is 13.3. The number of sulfonamides is 1. The van der Waals surface area contributed by atoms with Gasteiger partial charge in [0.25, 0.3) is 0 Å². The molecule has 0 unspecified atom stereocenters. The van der Waals surface area contributed by atoms with Crippen molar-refractivity contribution in [3.05, 3.63) is 95.0 Å². The summed E-state index contributed by atoms with van der Waals surface area (Å²) in [5.41, 5.74) is 2.79. The van der Waals surface area contributed by atoms with Crippen LogP contribution in [0.25, 0.3) is 28.2 Å². The average Bonchev–Trinajstić information content (AvgIpc) is 3.34. The number of nitrogens with one attached hydrogen (secondary N) is 1. The summed E-state index contributed by atoms with van der Waals surface area (Å²) < 4.78 is 43.5. The van der Waals surface area contributed by atoms with Gasteiger partial charge in [-0.2, -0.15) is 0 Å². The van der Waals surface area contributed by atoms with Crippen molar-refractivity contribution in [1.29, 1.82) is 0 Å². The summed E-state index contributed by atoms with van der Waals surface area (Å²) in [6.07, 6.45) is 2.62. The molecule has 40 heavy (non-hydrogen) atoms. The number of rotatable bonds is 6. The molecular formula is C28H23Cl2FN6O2S. The summed E-state index contributed by atoms with van der Waals surface area (Å²) in [5.74, 6) is 0.789. The van der Waals surface area contributed by atoms with Gasteiger partial charge in [-0.05, 0) is 73.5 Å². The molecule has 0 bridgehead atoms. The Morgan fingerprint density at radius 3 is 2.30 bits per heavy atom. The smallest absolute Gasteiger partial charge is 0.240 e. The third-order valence-corrected chi connectivity index (χ3v) is 8.98. The first-order chi connectivity index (χ1) is 19.3. The molecule has 1 fully saturated rings. The highest BCUT2D eigenvalue weighted by Crippen LogP contribution is 2.35. The van der Waals surface area contributed by atoms with Crippen molar-refractivity contribution in [2.45, 2.75) is 23.8 Å². The minimum absolute atomic E-state index is 0.0358. The van der Waals surface area contributed by atoms with E-state index in [4.69, 9.17) is 28.2 Å². The minimum atomic E-state index is -3.76. The van der Waals surface area contributed by atoms with Crippen LogP contribution >= 0.6 is 23.2 Å². The van der Waals surface area contributed by atoms with Gasteiger partial charge in [0.1, 0.15) is 18.0 Å². The number of fused-ring (bicyclic) bond motifs is 1. The molecule has 5 aromatic rings. The van der Waals surface area contributed by atoms with Crippen LogP contribution in [0.1, 0.15) is 12.8 Å². The molecule has 3 heterocycles. The molecule has 0 radical (unpaired) electrons. The zero-order chi connectivity index (χ0) is 27.9. The molecule has 1 N–H and O–H groups in total. The van der Waals surface area contributed by atoms with Gasteiger partial charge in [0.2, 0.25) is 10.0 Å². The van der Waals surface area contributed by atoms with E-state index in [9.17, 15) is 12.8 Å². The molecule has 1 aliphatic rings. The van der Waals surface area contributed by atoms with Gasteiger partial charge in [0.05, 0.1) is 9.92 Å². The molecule has 12 heteroatoms. The van der Waals surface area contributed by atoms with Crippen LogP contribution in [0.2, 0.25) is 10.0 Å². The molecular weight excluding hydrogens is 574 g/mol. The van der Waals surface area contributed by atoms with Crippen LogP contribution in [-0.2, 0) is 10.0 Å². The fraction of sp³-hybridized carbons (Fsp3) is 0.179. The third kappa shape index (κ3) is 5.15. The third-order valence-electron chi connectivity index (χ3n) is 6.86. The number of aromatic nitrogens is 4. The second kappa shape index (κ2) is 10.8. The van der Waals surface area contributed by atoms with Gasteiger partial charge in [0, 0.05) is 35.4 Å². The average molecular weight is 598 g/mol. The minimum Gasteiger partial charge on any atom is -0.355 e. The zero-order valence-corrected chi connectivity index (χ0v) is 23.3. The second-order valence-corrected chi connectivity index (χ2v) is 12.0. The lowest BCUT2D eigenvalue weighted by Crippen LogP contribution is -2.45. The summed E-state index contributed by atoms with van der Waals surface area (Å²) in [6, 6.07) is 19.4. The predicted octanol–water partition coefficient (Wildman–Crippen LogP) is 5.88. The van der Waals surface area contributed by atoms with Crippen molar-refractivity contribution in [2.75, 3.05) is 18.0 Å². The highest BCUT2D eigenvalue weighted by Gasteiger charge is 2.28. The molecule has 8 nitrogen and oxygen atoms in total. The van der Waals surface area contributed by atoms with Crippen LogP contribution in [0.3, 0.4) is 0 Å². The Labute approximate surface area is 240 Å². The Hall–Kier alpha value is -3.57. The Morgan fingerprint density at radius 1 is 0.900 bits per heavy atom. The molecule has 1 aliphatic heterocycles. The first-order valence-electron chi connectivity index (χ1n) is 12.6. The van der Waals surface area contributed by atoms with Gasteiger partial charge in [-0.25, -0.2) is 32.5 Å². The molecule has 1 saturated heterocycles. The summed E-state index contributed by atoms with van der Waals surface area (Å²) >= 11 is 12.7. The fourth-order valence-electron chi connectivity index (χ4n) is 4.88. The van der Waals surface area contributed by atoms with E-state index in [1.165, 1.54) is 18.5 Å². The van der Waals surface area contributed by atoms with Crippen LogP contribution in [0.4, 0.5) is 10.2 Å². The van der Waals surface area contributed by atoms with Gasteiger partial charge in [-0.1, -0.05) is 35.3 Å². The van der Waals surface area contributed by atoms with Gasteiger partial charge in [-0.15, -0.1) is 0 Å². The number of piperidine rings is 1. The van der Waals surface area contributed by atoms with E-state index in [-0.39, 0.29) is 10.9 Å². The molecule has 2 aromatic heterocycles. The molecule has 0 aliphatic carbocycles. The molecule has 6 rings (SSSR count). The standard InChI is InChI=1S/C28H23Cl2FN6O2S/c29-18-5-9-21(10-6-18)37-26(23-3-1-2-4-24(23)30)34-25-27(32-17-33-28(25)37)36-15-13-20(14-16-36)35-40(38,39)22-11-7-19(31)8-12-22/h1-12,17,20,35H,13-16H2. The van der Waals surface area contributed by atoms with Crippen LogP contribution in [0.15, 0.2) is 84.0 Å². The number of anilines is 1. The highest BCUT2D eigenvalue weighted by atomic mass is 35.5. The van der Waals surface area contributed by atoms with Crippen molar-refractivity contribution >= 4 is 50.2 Å². The summed E-state index contributed by atoms with van der Waals surface area (Å²) in [5, 5.41) is 1.16. The Kier molecular flexibility index (Phi) is 7.18. The van der Waals surface area contributed by atoms with Crippen molar-refractivity contribution in [1.82, 2.24) is 24.2 Å². The first kappa shape index (κ1) is 26.6. The van der Waals surface area contributed by atoms with Crippen LogP contribution in [-0.4, -0.2) is 47.1 Å². The van der Waals surface area contributed by atoms with Crippen LogP contribution in [0, 0.1) is 5.82 Å². The molecule has 0 saturated carbocycles. The van der Waals surface area contributed by atoms with Crippen molar-refractivity contribution in [3.8, 4) is 17.1 Å². The molecule has 0 amide bonds. The van der Waals surface area contributed by atoms with Gasteiger partial charge >= 0.3 is 0 Å². The van der Waals surface area contributed by atoms with E-state index >= 15 is 0 Å². The van der Waals surface area contributed by atoms with E-state index in [1.807, 2.05) is 41.0 Å². The highest BCUT2D eigenvalue weighted by molar-refractivity contribution is 7.89. The lowest BCUT2D eigenvalue weighted by atomic mass is 10.1. The quantitative estimate of drug-likeness (QED) is 0.263. The number of nitrogens with zero attached hydrogens (tertiary/aromatic N) is 5. The molecule has 0 atom stereocenters. The van der Waals surface area contributed by atoms with Gasteiger partial charge in [0.15, 0.2) is 17.0 Å². The SMILES string of the molecule is O=S(=O)(NC1CCN(c2ncnc3c2nc(-c2ccccc2Cl)n3-c2ccc(Cl)cc2)CC1)c1ccc(F)cc1. The number of hydrogen-bond donors (Lipinski definition) is 1. The zero-order valence-electron chi connectivity index (χ0n) is 21.0. The molecule has 3 aromatic carbocycles. The predicted molar refractivity (Wildman–Crippen MR) is 154 cm³/mol. The number of hydrogen-bond acceptors (Lipinski definition) is 6. The number of imidazole rings is 1. The second-order valence-electron chi connectivity index (χ2n) is 9.43. The summed E-state index contributed by atoms with van der Waals surface area (Å²) in [4.78, 5) is 16.3. The number of benzene rings is 3. The van der Waals surface area contributed by atoms with Crippen molar-refractivity contribution in [3.63, 3.8) is 0 Å². The Balaban J connectivity index is 1.32. The lowest BCUT2D eigenvalue weighted by Gasteiger charge is -2.32. The van der Waals surface area contributed by atoms with Crippen LogP contribution in [0.5, 0.6) is 0 Å². The normalized spacial score (nSPS) is 14.6. The monoisotopic (exact) mass is 596 g/mol. The topological polar surface area (TPSA) is 93.0 Å². The molecule has 0 spiro atoms. The van der Waals surface area contributed by atoms with E-state index in [1.54, 1.807) is 12.1 Å².